The van der Waals surface area contributed by atoms with E-state index < -0.39 is 28.5 Å². The van der Waals surface area contributed by atoms with Crippen molar-refractivity contribution in [2.45, 2.75) is 44.7 Å². The van der Waals surface area contributed by atoms with Crippen LogP contribution in [0.2, 0.25) is 0 Å². The quantitative estimate of drug-likeness (QED) is 0.398. The minimum Gasteiger partial charge on any atom is -0.497 e. The van der Waals surface area contributed by atoms with Crippen molar-refractivity contribution in [2.24, 2.45) is 0 Å². The van der Waals surface area contributed by atoms with E-state index in [0.29, 0.717) is 17.9 Å². The summed E-state index contributed by atoms with van der Waals surface area (Å²) in [7, 11) is -1.02. The third kappa shape index (κ3) is 6.72. The number of amides is 2. The van der Waals surface area contributed by atoms with Crippen LogP contribution in [0.3, 0.4) is 0 Å². The monoisotopic (exact) mass is 537 g/mol. The molecule has 8 nitrogen and oxygen atoms in total. The summed E-state index contributed by atoms with van der Waals surface area (Å²) in [5, 5.41) is 2.62. The Labute approximate surface area is 225 Å². The number of nitrogens with one attached hydrogen (secondary N) is 1. The highest BCUT2D eigenvalue weighted by atomic mass is 32.2. The first kappa shape index (κ1) is 28.7. The van der Waals surface area contributed by atoms with Crippen molar-refractivity contribution in [3.63, 3.8) is 0 Å². The van der Waals surface area contributed by atoms with Crippen molar-refractivity contribution in [3.8, 4) is 5.75 Å². The lowest BCUT2D eigenvalue weighted by Gasteiger charge is -2.33. The average Bonchev–Trinajstić information content (AvgIpc) is 2.92. The van der Waals surface area contributed by atoms with Gasteiger partial charge in [0.25, 0.3) is 10.0 Å². The molecule has 2 amide bonds. The number of anilines is 1. The predicted octanol–water partition coefficient (Wildman–Crippen LogP) is 4.06. The SMILES string of the molecule is CC[C@@H](C(=O)NC)N(Cc1cccc(OC)c1)C(=O)CN(c1ccc(C)cc1)S(=O)(=O)c1ccc(C)cc1. The summed E-state index contributed by atoms with van der Waals surface area (Å²) in [4.78, 5) is 28.2. The fourth-order valence-electron chi connectivity index (χ4n) is 4.13. The van der Waals surface area contributed by atoms with Crippen LogP contribution in [0.15, 0.2) is 77.7 Å². The second kappa shape index (κ2) is 12.6. The summed E-state index contributed by atoms with van der Waals surface area (Å²) in [6.45, 7) is 5.22. The molecule has 3 aromatic carbocycles. The fourth-order valence-corrected chi connectivity index (χ4v) is 5.55. The second-order valence-electron chi connectivity index (χ2n) is 9.07. The molecule has 0 aliphatic heterocycles. The first-order valence-corrected chi connectivity index (χ1v) is 13.8. The molecule has 0 aromatic heterocycles. The van der Waals surface area contributed by atoms with Crippen LogP contribution in [0, 0.1) is 13.8 Å². The molecule has 0 unspecified atom stereocenters. The molecule has 3 aromatic rings. The Morgan fingerprint density at radius 3 is 2.11 bits per heavy atom. The van der Waals surface area contributed by atoms with Gasteiger partial charge in [0.2, 0.25) is 11.8 Å². The van der Waals surface area contributed by atoms with Crippen molar-refractivity contribution in [1.29, 1.82) is 0 Å². The fraction of sp³-hybridized carbons (Fsp3) is 0.310. The summed E-state index contributed by atoms with van der Waals surface area (Å²) >= 11 is 0. The number of benzene rings is 3. The van der Waals surface area contributed by atoms with Gasteiger partial charge in [-0.05, 0) is 62.2 Å². The molecule has 0 heterocycles. The molecule has 3 rings (SSSR count). The van der Waals surface area contributed by atoms with Crippen molar-refractivity contribution in [1.82, 2.24) is 10.2 Å². The predicted molar refractivity (Wildman–Crippen MR) is 149 cm³/mol. The van der Waals surface area contributed by atoms with Crippen LogP contribution >= 0.6 is 0 Å². The molecule has 202 valence electrons. The number of rotatable bonds is 11. The first-order valence-electron chi connectivity index (χ1n) is 12.4. The van der Waals surface area contributed by atoms with Gasteiger partial charge in [-0.3, -0.25) is 13.9 Å². The molecule has 0 saturated carbocycles. The van der Waals surface area contributed by atoms with E-state index in [1.54, 1.807) is 61.7 Å². The third-order valence-corrected chi connectivity index (χ3v) is 8.12. The van der Waals surface area contributed by atoms with Crippen molar-refractivity contribution in [2.75, 3.05) is 25.0 Å². The zero-order chi connectivity index (χ0) is 27.9. The van der Waals surface area contributed by atoms with Crippen LogP contribution in [-0.2, 0) is 26.2 Å². The molecule has 0 spiro atoms. The summed E-state index contributed by atoms with van der Waals surface area (Å²) in [5.41, 5.74) is 2.99. The van der Waals surface area contributed by atoms with Gasteiger partial charge in [0.05, 0.1) is 17.7 Å². The van der Waals surface area contributed by atoms with Gasteiger partial charge in [0.1, 0.15) is 18.3 Å². The van der Waals surface area contributed by atoms with Crippen LogP contribution < -0.4 is 14.4 Å². The highest BCUT2D eigenvalue weighted by Gasteiger charge is 2.33. The summed E-state index contributed by atoms with van der Waals surface area (Å²) in [5.74, 6) is -0.210. The van der Waals surface area contributed by atoms with Gasteiger partial charge in [-0.1, -0.05) is 54.4 Å². The van der Waals surface area contributed by atoms with Crippen LogP contribution in [-0.4, -0.2) is 51.9 Å². The van der Waals surface area contributed by atoms with E-state index in [4.69, 9.17) is 4.74 Å². The molecule has 0 aliphatic carbocycles. The molecule has 1 N–H and O–H groups in total. The van der Waals surface area contributed by atoms with Crippen molar-refractivity contribution < 1.29 is 22.7 Å². The van der Waals surface area contributed by atoms with E-state index in [9.17, 15) is 18.0 Å². The Hall–Kier alpha value is -3.85. The second-order valence-corrected chi connectivity index (χ2v) is 10.9. The molecular weight excluding hydrogens is 502 g/mol. The van der Waals surface area contributed by atoms with Crippen molar-refractivity contribution >= 4 is 27.5 Å². The molecule has 0 aliphatic rings. The molecule has 0 fully saturated rings. The summed E-state index contributed by atoms with van der Waals surface area (Å²) in [6, 6.07) is 19.9. The highest BCUT2D eigenvalue weighted by Crippen LogP contribution is 2.26. The number of methoxy groups -OCH3 is 1. The van der Waals surface area contributed by atoms with Gasteiger partial charge in [-0.25, -0.2) is 8.42 Å². The van der Waals surface area contributed by atoms with Crippen LogP contribution in [0.5, 0.6) is 5.75 Å². The summed E-state index contributed by atoms with van der Waals surface area (Å²) < 4.78 is 34.1. The van der Waals surface area contributed by atoms with Crippen LogP contribution in [0.25, 0.3) is 0 Å². The maximum Gasteiger partial charge on any atom is 0.264 e. The van der Waals surface area contributed by atoms with E-state index in [0.717, 1.165) is 21.0 Å². The van der Waals surface area contributed by atoms with Gasteiger partial charge in [0, 0.05) is 13.6 Å². The normalized spacial score (nSPS) is 11.9. The molecular formula is C29H35N3O5S. The Kier molecular flexibility index (Phi) is 9.52. The van der Waals surface area contributed by atoms with Gasteiger partial charge in [-0.2, -0.15) is 0 Å². The van der Waals surface area contributed by atoms with Crippen molar-refractivity contribution in [3.05, 3.63) is 89.5 Å². The Bertz CT molecular complexity index is 1360. The zero-order valence-electron chi connectivity index (χ0n) is 22.5. The molecule has 0 bridgehead atoms. The minimum atomic E-state index is -4.09. The molecule has 1 atom stereocenters. The van der Waals surface area contributed by atoms with Gasteiger partial charge >= 0.3 is 0 Å². The molecule has 38 heavy (non-hydrogen) atoms. The minimum absolute atomic E-state index is 0.0779. The van der Waals surface area contributed by atoms with Crippen LogP contribution in [0.1, 0.15) is 30.0 Å². The van der Waals surface area contributed by atoms with E-state index in [1.807, 2.05) is 26.8 Å². The number of ether oxygens (including phenoxy) is 1. The lowest BCUT2D eigenvalue weighted by Crippen LogP contribution is -2.51. The number of likely N-dealkylation sites (N-methyl/N-ethyl adjacent to an activating group) is 1. The smallest absolute Gasteiger partial charge is 0.264 e. The Morgan fingerprint density at radius 1 is 0.947 bits per heavy atom. The van der Waals surface area contributed by atoms with E-state index >= 15 is 0 Å². The number of carbonyl (C=O) groups is 2. The number of carbonyl (C=O) groups excluding carboxylic acids is 2. The van der Waals surface area contributed by atoms with Gasteiger partial charge in [0.15, 0.2) is 0 Å². The lowest BCUT2D eigenvalue weighted by molar-refractivity contribution is -0.140. The number of hydrogen-bond acceptors (Lipinski definition) is 5. The van der Waals surface area contributed by atoms with Crippen LogP contribution in [0.4, 0.5) is 5.69 Å². The largest absolute Gasteiger partial charge is 0.497 e. The third-order valence-electron chi connectivity index (χ3n) is 6.33. The maximum absolute atomic E-state index is 13.9. The maximum atomic E-state index is 13.9. The summed E-state index contributed by atoms with van der Waals surface area (Å²) in [6.07, 6.45) is 0.352. The zero-order valence-corrected chi connectivity index (χ0v) is 23.3. The Morgan fingerprint density at radius 2 is 1.55 bits per heavy atom. The standard InChI is InChI=1S/C29H35N3O5S/c1-6-27(29(34)30-4)31(19-23-8-7-9-25(18-23)37-5)28(33)20-32(24-14-10-21(2)11-15-24)38(35,36)26-16-12-22(3)13-17-26/h7-18,27H,6,19-20H2,1-5H3,(H,30,34)/t27-/m0/s1. The molecule has 0 radical (unpaired) electrons. The van der Waals surface area contributed by atoms with E-state index in [-0.39, 0.29) is 17.3 Å². The average molecular weight is 538 g/mol. The van der Waals surface area contributed by atoms with E-state index in [1.165, 1.54) is 24.1 Å². The highest BCUT2D eigenvalue weighted by molar-refractivity contribution is 7.92. The topological polar surface area (TPSA) is 96.0 Å². The van der Waals surface area contributed by atoms with Gasteiger partial charge < -0.3 is 15.0 Å². The first-order chi connectivity index (χ1) is 18.1. The molecule has 9 heteroatoms. The molecule has 0 saturated heterocycles. The van der Waals surface area contributed by atoms with E-state index in [2.05, 4.69) is 5.32 Å². The lowest BCUT2D eigenvalue weighted by atomic mass is 10.1. The number of hydrogen-bond donors (Lipinski definition) is 1. The number of sulfonamides is 1. The number of nitrogens with zero attached hydrogens (tertiary/aromatic N) is 2. The van der Waals surface area contributed by atoms with Gasteiger partial charge in [-0.15, -0.1) is 0 Å². The number of aryl methyl sites for hydroxylation is 2. The Balaban J connectivity index is 2.05.